The number of aromatic nitrogens is 2. The van der Waals surface area contributed by atoms with Gasteiger partial charge in [0.2, 0.25) is 0 Å². The minimum absolute atomic E-state index is 0.494. The Morgan fingerprint density at radius 2 is 1.95 bits per heavy atom. The van der Waals surface area contributed by atoms with Crippen molar-refractivity contribution in [3.8, 4) is 0 Å². The molecule has 0 bridgehead atoms. The summed E-state index contributed by atoms with van der Waals surface area (Å²) in [5.41, 5.74) is 0.930. The third-order valence-electron chi connectivity index (χ3n) is 4.24. The Morgan fingerprint density at radius 3 is 2.50 bits per heavy atom. The third-order valence-corrected chi connectivity index (χ3v) is 5.08. The minimum Gasteiger partial charge on any atom is -0.378 e. The normalized spacial score (nSPS) is 22.8. The zero-order valence-electron chi connectivity index (χ0n) is 12.6. The minimum atomic E-state index is 0.494. The Kier molecular flexibility index (Phi) is 5.78. The Balaban J connectivity index is 2.21. The van der Waals surface area contributed by atoms with Crippen LogP contribution in [0, 0.1) is 5.92 Å². The van der Waals surface area contributed by atoms with Crippen molar-refractivity contribution in [1.29, 1.82) is 0 Å². The van der Waals surface area contributed by atoms with E-state index in [9.17, 15) is 0 Å². The molecule has 1 aromatic rings. The zero-order chi connectivity index (χ0) is 14.5. The predicted molar refractivity (Wildman–Crippen MR) is 85.0 cm³/mol. The van der Waals surface area contributed by atoms with Gasteiger partial charge in [-0.2, -0.15) is 0 Å². The van der Waals surface area contributed by atoms with E-state index in [-0.39, 0.29) is 0 Å². The smallest absolute Gasteiger partial charge is 0.144 e. The van der Waals surface area contributed by atoms with Crippen LogP contribution in [-0.4, -0.2) is 24.1 Å². The average Bonchev–Trinajstić information content (AvgIpc) is 2.49. The lowest BCUT2D eigenvalue weighted by Gasteiger charge is -2.27. The highest BCUT2D eigenvalue weighted by Crippen LogP contribution is 2.37. The SMILES string of the molecule is CCC1CCC(c2nc(COC)c(Br)c(NC)n2)CC1. The number of nitrogens with zero attached hydrogens (tertiary/aromatic N) is 2. The lowest BCUT2D eigenvalue weighted by Crippen LogP contribution is -2.16. The van der Waals surface area contributed by atoms with Crippen LogP contribution in [0.3, 0.4) is 0 Å². The molecule has 0 aromatic carbocycles. The maximum atomic E-state index is 5.24. The predicted octanol–water partition coefficient (Wildman–Crippen LogP) is 4.11. The first kappa shape index (κ1) is 15.7. The second-order valence-electron chi connectivity index (χ2n) is 5.50. The van der Waals surface area contributed by atoms with E-state index in [4.69, 9.17) is 9.72 Å². The standard InChI is InChI=1S/C15H24BrN3O/c1-4-10-5-7-11(8-6-10)14-18-12(9-20-3)13(16)15(17-2)19-14/h10-11H,4-9H2,1-3H3,(H,17,18,19). The molecule has 0 atom stereocenters. The van der Waals surface area contributed by atoms with Gasteiger partial charge < -0.3 is 10.1 Å². The van der Waals surface area contributed by atoms with Crippen LogP contribution >= 0.6 is 15.9 Å². The molecule has 20 heavy (non-hydrogen) atoms. The van der Waals surface area contributed by atoms with E-state index in [1.54, 1.807) is 7.11 Å². The number of hydrogen-bond donors (Lipinski definition) is 1. The number of rotatable bonds is 5. The number of anilines is 1. The van der Waals surface area contributed by atoms with E-state index in [2.05, 4.69) is 33.2 Å². The third kappa shape index (κ3) is 3.50. The Morgan fingerprint density at radius 1 is 1.25 bits per heavy atom. The molecule has 0 amide bonds. The molecule has 1 saturated carbocycles. The van der Waals surface area contributed by atoms with Gasteiger partial charge in [0.1, 0.15) is 11.6 Å². The molecule has 2 rings (SSSR count). The first-order valence-electron chi connectivity index (χ1n) is 7.42. The number of methoxy groups -OCH3 is 1. The highest BCUT2D eigenvalue weighted by atomic mass is 79.9. The molecule has 0 unspecified atom stereocenters. The summed E-state index contributed by atoms with van der Waals surface area (Å²) in [6, 6.07) is 0. The lowest BCUT2D eigenvalue weighted by molar-refractivity contribution is 0.180. The maximum Gasteiger partial charge on any atom is 0.144 e. The molecule has 1 aliphatic carbocycles. The van der Waals surface area contributed by atoms with Crippen LogP contribution in [0.1, 0.15) is 56.5 Å². The van der Waals surface area contributed by atoms with E-state index in [1.807, 2.05) is 7.05 Å². The number of ether oxygens (including phenoxy) is 1. The summed E-state index contributed by atoms with van der Waals surface area (Å²) in [7, 11) is 3.58. The quantitative estimate of drug-likeness (QED) is 0.875. The van der Waals surface area contributed by atoms with Crippen LogP contribution in [0.2, 0.25) is 0 Å². The van der Waals surface area contributed by atoms with Gasteiger partial charge >= 0.3 is 0 Å². The molecule has 1 heterocycles. The molecular formula is C15H24BrN3O. The van der Waals surface area contributed by atoms with E-state index in [1.165, 1.54) is 32.1 Å². The summed E-state index contributed by atoms with van der Waals surface area (Å²) < 4.78 is 6.15. The molecular weight excluding hydrogens is 318 g/mol. The number of nitrogens with one attached hydrogen (secondary N) is 1. The summed E-state index contributed by atoms with van der Waals surface area (Å²) in [5.74, 6) is 3.22. The van der Waals surface area contributed by atoms with E-state index < -0.39 is 0 Å². The van der Waals surface area contributed by atoms with Crippen molar-refractivity contribution in [2.45, 2.75) is 51.6 Å². The van der Waals surface area contributed by atoms with Crippen LogP contribution in [0.25, 0.3) is 0 Å². The topological polar surface area (TPSA) is 47.0 Å². The molecule has 5 heteroatoms. The molecule has 1 fully saturated rings. The average molecular weight is 342 g/mol. The lowest BCUT2D eigenvalue weighted by atomic mass is 9.80. The fraction of sp³-hybridized carbons (Fsp3) is 0.733. The van der Waals surface area contributed by atoms with Gasteiger partial charge in [0, 0.05) is 20.1 Å². The number of hydrogen-bond acceptors (Lipinski definition) is 4. The van der Waals surface area contributed by atoms with Gasteiger partial charge in [-0.05, 0) is 47.5 Å². The zero-order valence-corrected chi connectivity index (χ0v) is 14.2. The van der Waals surface area contributed by atoms with E-state index in [0.29, 0.717) is 12.5 Å². The summed E-state index contributed by atoms with van der Waals surface area (Å²) in [4.78, 5) is 9.41. The largest absolute Gasteiger partial charge is 0.378 e. The molecule has 1 aromatic heterocycles. The van der Waals surface area contributed by atoms with Gasteiger partial charge in [0.05, 0.1) is 16.8 Å². The van der Waals surface area contributed by atoms with Crippen LogP contribution in [0.5, 0.6) is 0 Å². The van der Waals surface area contributed by atoms with Crippen LogP contribution in [0.4, 0.5) is 5.82 Å². The van der Waals surface area contributed by atoms with Crippen molar-refractivity contribution in [2.75, 3.05) is 19.5 Å². The van der Waals surface area contributed by atoms with Crippen LogP contribution in [-0.2, 0) is 11.3 Å². The van der Waals surface area contributed by atoms with E-state index in [0.717, 1.165) is 27.7 Å². The van der Waals surface area contributed by atoms with Crippen molar-refractivity contribution < 1.29 is 4.74 Å². The monoisotopic (exact) mass is 341 g/mol. The number of halogens is 1. The molecule has 0 radical (unpaired) electrons. The molecule has 1 N–H and O–H groups in total. The van der Waals surface area contributed by atoms with Crippen molar-refractivity contribution in [3.05, 3.63) is 16.0 Å². The highest BCUT2D eigenvalue weighted by molar-refractivity contribution is 9.10. The molecule has 112 valence electrons. The summed E-state index contributed by atoms with van der Waals surface area (Å²) in [6.45, 7) is 2.80. The molecule has 1 aliphatic rings. The molecule has 0 aliphatic heterocycles. The van der Waals surface area contributed by atoms with Gasteiger partial charge in [-0.25, -0.2) is 9.97 Å². The first-order valence-corrected chi connectivity index (χ1v) is 8.21. The fourth-order valence-corrected chi connectivity index (χ4v) is 3.41. The Bertz CT molecular complexity index is 445. The summed E-state index contributed by atoms with van der Waals surface area (Å²) >= 11 is 3.55. The van der Waals surface area contributed by atoms with Crippen LogP contribution < -0.4 is 5.32 Å². The second kappa shape index (κ2) is 7.36. The summed E-state index contributed by atoms with van der Waals surface area (Å²) in [6.07, 6.45) is 6.31. The van der Waals surface area contributed by atoms with Gasteiger partial charge in [-0.3, -0.25) is 0 Å². The van der Waals surface area contributed by atoms with Gasteiger partial charge in [-0.15, -0.1) is 0 Å². The van der Waals surface area contributed by atoms with Gasteiger partial charge in [0.25, 0.3) is 0 Å². The maximum absolute atomic E-state index is 5.24. The van der Waals surface area contributed by atoms with Crippen molar-refractivity contribution in [3.63, 3.8) is 0 Å². The van der Waals surface area contributed by atoms with Crippen LogP contribution in [0.15, 0.2) is 4.47 Å². The molecule has 0 spiro atoms. The van der Waals surface area contributed by atoms with Gasteiger partial charge in [-0.1, -0.05) is 13.3 Å². The van der Waals surface area contributed by atoms with E-state index >= 15 is 0 Å². The van der Waals surface area contributed by atoms with Crippen molar-refractivity contribution in [1.82, 2.24) is 9.97 Å². The Labute approximate surface area is 129 Å². The second-order valence-corrected chi connectivity index (χ2v) is 6.29. The van der Waals surface area contributed by atoms with Crippen molar-refractivity contribution >= 4 is 21.7 Å². The molecule has 4 nitrogen and oxygen atoms in total. The van der Waals surface area contributed by atoms with Gasteiger partial charge in [0.15, 0.2) is 0 Å². The van der Waals surface area contributed by atoms with Crippen molar-refractivity contribution in [2.24, 2.45) is 5.92 Å². The Hall–Kier alpha value is -0.680. The molecule has 0 saturated heterocycles. The summed E-state index contributed by atoms with van der Waals surface area (Å²) in [5, 5.41) is 3.14. The first-order chi connectivity index (χ1) is 9.69. The highest BCUT2D eigenvalue weighted by Gasteiger charge is 2.25. The fourth-order valence-electron chi connectivity index (χ4n) is 2.92.